The zero-order valence-electron chi connectivity index (χ0n) is 29.4. The third kappa shape index (κ3) is 9.71. The fourth-order valence-electron chi connectivity index (χ4n) is 5.49. The van der Waals surface area contributed by atoms with Crippen molar-refractivity contribution in [3.63, 3.8) is 0 Å². The zero-order chi connectivity index (χ0) is 37.0. The second-order valence-corrected chi connectivity index (χ2v) is 16.8. The van der Waals surface area contributed by atoms with E-state index in [-0.39, 0.29) is 19.5 Å². The summed E-state index contributed by atoms with van der Waals surface area (Å²) in [4.78, 5) is 45.8. The number of aromatic nitrogens is 1. The fraction of sp³-hybridized carbons (Fsp3) is 0.444. The van der Waals surface area contributed by atoms with Crippen molar-refractivity contribution < 1.29 is 37.0 Å². The van der Waals surface area contributed by atoms with Crippen molar-refractivity contribution in [3.05, 3.63) is 67.3 Å². The van der Waals surface area contributed by atoms with Crippen LogP contribution in [0.25, 0.3) is 22.2 Å². The molecule has 1 aromatic heterocycles. The minimum Gasteiger partial charge on any atom is -0.497 e. The van der Waals surface area contributed by atoms with E-state index in [1.54, 1.807) is 39.7 Å². The third-order valence-corrected chi connectivity index (χ3v) is 11.4. The minimum atomic E-state index is -3.80. The van der Waals surface area contributed by atoms with Gasteiger partial charge in [0.05, 0.1) is 35.5 Å². The van der Waals surface area contributed by atoms with E-state index >= 15 is 0 Å². The molecular formula is C36H45N5O8S2. The summed E-state index contributed by atoms with van der Waals surface area (Å²) in [6.07, 6.45) is 1.76. The average Bonchev–Trinajstić information content (AvgIpc) is 3.87. The van der Waals surface area contributed by atoms with Gasteiger partial charge in [0, 0.05) is 29.5 Å². The van der Waals surface area contributed by atoms with Gasteiger partial charge in [0.1, 0.15) is 35.3 Å². The first-order chi connectivity index (χ1) is 24.1. The van der Waals surface area contributed by atoms with Crippen molar-refractivity contribution in [3.8, 4) is 22.8 Å². The van der Waals surface area contributed by atoms with Crippen LogP contribution >= 0.6 is 11.9 Å². The summed E-state index contributed by atoms with van der Waals surface area (Å²) < 4.78 is 48.0. The number of rotatable bonds is 14. The number of sulfonamides is 1. The molecule has 1 aliphatic carbocycles. The van der Waals surface area contributed by atoms with Crippen LogP contribution in [0.15, 0.2) is 67.3 Å². The first kappa shape index (κ1) is 37.9. The lowest BCUT2D eigenvalue weighted by atomic mass is 9.99. The Balaban J connectivity index is 1.40. The van der Waals surface area contributed by atoms with Gasteiger partial charge in [-0.3, -0.25) is 14.3 Å². The van der Waals surface area contributed by atoms with Crippen LogP contribution in [0.5, 0.6) is 11.5 Å². The van der Waals surface area contributed by atoms with Gasteiger partial charge in [0.15, 0.2) is 0 Å². The number of nitrogens with zero attached hydrogens (tertiary/aromatic N) is 2. The summed E-state index contributed by atoms with van der Waals surface area (Å²) in [6.45, 7) is 10.3. The summed E-state index contributed by atoms with van der Waals surface area (Å²) in [5.74, 6) is 0.0850. The number of benzene rings is 2. The smallest absolute Gasteiger partial charge is 0.408 e. The van der Waals surface area contributed by atoms with Gasteiger partial charge in [0.25, 0.3) is 5.91 Å². The molecule has 13 nitrogen and oxygen atoms in total. The number of carbonyl (C=O) groups is 3. The lowest BCUT2D eigenvalue weighted by Gasteiger charge is -2.31. The summed E-state index contributed by atoms with van der Waals surface area (Å²) >= 11 is 1.11. The number of hydrogen-bond acceptors (Lipinski definition) is 11. The van der Waals surface area contributed by atoms with E-state index in [1.807, 2.05) is 54.6 Å². The van der Waals surface area contributed by atoms with Crippen LogP contribution in [0, 0.1) is 0 Å². The SMILES string of the molecule is C=CC[C@](C)(NS[C@@H]1C[C@@H](Oc2cc(-c3ccccc3)nc3cc(OC)ccc23)CN1C(=O)CNC(=O)OC(C)(C)C)C(=O)NS(=O)(=O)C1CC1. The predicted octanol–water partition coefficient (Wildman–Crippen LogP) is 4.92. The van der Waals surface area contributed by atoms with Gasteiger partial charge in [0.2, 0.25) is 15.9 Å². The highest BCUT2D eigenvalue weighted by atomic mass is 32.2. The maximum absolute atomic E-state index is 13.7. The van der Waals surface area contributed by atoms with E-state index in [2.05, 4.69) is 21.3 Å². The molecule has 274 valence electrons. The molecule has 15 heteroatoms. The molecule has 2 aliphatic rings. The van der Waals surface area contributed by atoms with Crippen LogP contribution in [0.4, 0.5) is 4.79 Å². The van der Waals surface area contributed by atoms with Gasteiger partial charge in [-0.1, -0.05) is 48.4 Å². The quantitative estimate of drug-likeness (QED) is 0.152. The molecule has 0 bridgehead atoms. The molecule has 3 amide bonds. The topological polar surface area (TPSA) is 165 Å². The normalized spacial score (nSPS) is 18.8. The molecule has 1 saturated heterocycles. The Bertz CT molecular complexity index is 1880. The Morgan fingerprint density at radius 3 is 2.45 bits per heavy atom. The fourth-order valence-corrected chi connectivity index (χ4v) is 8.12. The highest BCUT2D eigenvalue weighted by molar-refractivity contribution is 7.98. The van der Waals surface area contributed by atoms with Gasteiger partial charge in [-0.25, -0.2) is 22.9 Å². The van der Waals surface area contributed by atoms with Crippen molar-refractivity contribution >= 4 is 50.8 Å². The number of methoxy groups -OCH3 is 1. The first-order valence-corrected chi connectivity index (χ1v) is 19.1. The molecule has 2 fully saturated rings. The number of fused-ring (bicyclic) bond motifs is 1. The number of nitrogens with one attached hydrogen (secondary N) is 3. The van der Waals surface area contributed by atoms with Crippen molar-refractivity contribution in [2.45, 2.75) is 81.2 Å². The highest BCUT2D eigenvalue weighted by Gasteiger charge is 2.43. The van der Waals surface area contributed by atoms with E-state index in [0.717, 1.165) is 22.9 Å². The summed E-state index contributed by atoms with van der Waals surface area (Å²) in [6, 6.07) is 17.1. The maximum Gasteiger partial charge on any atom is 0.408 e. The molecule has 0 radical (unpaired) electrons. The minimum absolute atomic E-state index is 0.113. The molecule has 3 N–H and O–H groups in total. The van der Waals surface area contributed by atoms with Crippen LogP contribution in [-0.4, -0.2) is 84.3 Å². The van der Waals surface area contributed by atoms with E-state index < -0.39 is 55.8 Å². The molecular weight excluding hydrogens is 695 g/mol. The molecule has 3 atom stereocenters. The predicted molar refractivity (Wildman–Crippen MR) is 197 cm³/mol. The standard InChI is InChI=1S/C36H45N5O8S2/c1-7-17-36(5,33(43)39-51(45,46)26-14-15-26)40-50-32-19-25(22-41(32)31(42)21-37-34(44)49-35(2,3)4)48-30-20-28(23-11-9-8-10-12-23)38-29-18-24(47-6)13-16-27(29)30/h7-13,16,18,20,25-26,32,40H,1,14-15,17,19,21-22H2,2-6H3,(H,37,44)(H,39,43)/t25-,32-,36+/m1/s1. The second-order valence-electron chi connectivity index (χ2n) is 13.8. The molecule has 0 spiro atoms. The number of likely N-dealkylation sites (tertiary alicyclic amines) is 1. The van der Waals surface area contributed by atoms with E-state index in [9.17, 15) is 22.8 Å². The Kier molecular flexibility index (Phi) is 11.5. The van der Waals surface area contributed by atoms with Crippen molar-refractivity contribution in [2.75, 3.05) is 20.2 Å². The van der Waals surface area contributed by atoms with Crippen molar-refractivity contribution in [1.29, 1.82) is 0 Å². The lowest BCUT2D eigenvalue weighted by molar-refractivity contribution is -0.130. The monoisotopic (exact) mass is 739 g/mol. The number of pyridine rings is 1. The van der Waals surface area contributed by atoms with Crippen LogP contribution in [0.3, 0.4) is 0 Å². The second kappa shape index (κ2) is 15.5. The van der Waals surface area contributed by atoms with Gasteiger partial charge < -0.3 is 24.4 Å². The number of ether oxygens (including phenoxy) is 3. The Labute approximate surface area is 303 Å². The molecule has 5 rings (SSSR count). The van der Waals surface area contributed by atoms with Gasteiger partial charge in [-0.05, 0) is 59.1 Å². The van der Waals surface area contributed by atoms with Crippen molar-refractivity contribution in [2.24, 2.45) is 0 Å². The van der Waals surface area contributed by atoms with Gasteiger partial charge in [-0.2, -0.15) is 0 Å². The molecule has 1 saturated carbocycles. The summed E-state index contributed by atoms with van der Waals surface area (Å²) in [5, 5.41) is 2.14. The lowest BCUT2D eigenvalue weighted by Crippen LogP contribution is -2.55. The third-order valence-electron chi connectivity index (χ3n) is 8.33. The number of carbonyl (C=O) groups excluding carboxylic acids is 3. The number of alkyl carbamates (subject to hydrolysis) is 1. The van der Waals surface area contributed by atoms with E-state index in [1.165, 1.54) is 6.08 Å². The molecule has 1 aliphatic heterocycles. The van der Waals surface area contributed by atoms with Crippen LogP contribution in [0.1, 0.15) is 53.4 Å². The van der Waals surface area contributed by atoms with Gasteiger partial charge >= 0.3 is 6.09 Å². The number of amides is 3. The Morgan fingerprint density at radius 1 is 1.08 bits per heavy atom. The highest BCUT2D eigenvalue weighted by Crippen LogP contribution is 2.36. The summed E-state index contributed by atoms with van der Waals surface area (Å²) in [5.41, 5.74) is 0.129. The molecule has 3 aromatic rings. The Morgan fingerprint density at radius 2 is 1.80 bits per heavy atom. The molecule has 2 heterocycles. The van der Waals surface area contributed by atoms with Crippen molar-refractivity contribution in [1.82, 2.24) is 24.6 Å². The maximum atomic E-state index is 13.7. The van der Waals surface area contributed by atoms with Crippen LogP contribution in [0.2, 0.25) is 0 Å². The van der Waals surface area contributed by atoms with E-state index in [0.29, 0.717) is 42.0 Å². The average molecular weight is 740 g/mol. The van der Waals surface area contributed by atoms with Gasteiger partial charge in [-0.15, -0.1) is 6.58 Å². The first-order valence-electron chi connectivity index (χ1n) is 16.7. The number of hydrogen-bond donors (Lipinski definition) is 3. The zero-order valence-corrected chi connectivity index (χ0v) is 31.1. The molecule has 2 aromatic carbocycles. The largest absolute Gasteiger partial charge is 0.497 e. The summed E-state index contributed by atoms with van der Waals surface area (Å²) in [7, 11) is -2.21. The molecule has 51 heavy (non-hydrogen) atoms. The van der Waals surface area contributed by atoms with Crippen LogP contribution < -0.4 is 24.2 Å². The Hall–Kier alpha value is -4.34. The van der Waals surface area contributed by atoms with Crippen LogP contribution in [-0.2, 0) is 24.3 Å². The van der Waals surface area contributed by atoms with E-state index in [4.69, 9.17) is 19.2 Å². The molecule has 0 unspecified atom stereocenters.